The van der Waals surface area contributed by atoms with Crippen LogP contribution in [-0.4, -0.2) is 28.7 Å². The highest BCUT2D eigenvalue weighted by atomic mass is 32.2. The molecule has 1 heterocycles. The van der Waals surface area contributed by atoms with Gasteiger partial charge in [-0.25, -0.2) is 4.79 Å². The Morgan fingerprint density at radius 1 is 1.19 bits per heavy atom. The SMILES string of the molecule is Cc1c(Sc2ccccc2)n(COCCOC(=O)C(C)C)c(=O)[nH]c1=O. The average molecular weight is 378 g/mol. The molecule has 0 aliphatic rings. The Bertz CT molecular complexity index is 858. The molecule has 140 valence electrons. The summed E-state index contributed by atoms with van der Waals surface area (Å²) in [5.41, 5.74) is -0.526. The lowest BCUT2D eigenvalue weighted by Gasteiger charge is -2.14. The van der Waals surface area contributed by atoms with E-state index < -0.39 is 11.2 Å². The maximum Gasteiger partial charge on any atom is 0.331 e. The predicted molar refractivity (Wildman–Crippen MR) is 98.4 cm³/mol. The van der Waals surface area contributed by atoms with Gasteiger partial charge < -0.3 is 9.47 Å². The van der Waals surface area contributed by atoms with E-state index in [1.807, 2.05) is 30.3 Å². The minimum atomic E-state index is -0.543. The molecule has 1 aromatic carbocycles. The zero-order valence-electron chi connectivity index (χ0n) is 15.0. The second kappa shape index (κ2) is 9.40. The molecule has 8 heteroatoms. The molecular weight excluding hydrogens is 356 g/mol. The Morgan fingerprint density at radius 3 is 2.54 bits per heavy atom. The van der Waals surface area contributed by atoms with E-state index >= 15 is 0 Å². The molecule has 0 unspecified atom stereocenters. The molecule has 1 N–H and O–H groups in total. The van der Waals surface area contributed by atoms with Crippen molar-refractivity contribution >= 4 is 17.7 Å². The van der Waals surface area contributed by atoms with Crippen LogP contribution in [0.25, 0.3) is 0 Å². The summed E-state index contributed by atoms with van der Waals surface area (Å²) < 4.78 is 11.8. The number of esters is 1. The molecule has 0 radical (unpaired) electrons. The van der Waals surface area contributed by atoms with Crippen molar-refractivity contribution in [2.45, 2.75) is 37.4 Å². The zero-order chi connectivity index (χ0) is 19.1. The van der Waals surface area contributed by atoms with Gasteiger partial charge in [-0.2, -0.15) is 0 Å². The van der Waals surface area contributed by atoms with Gasteiger partial charge in [-0.3, -0.25) is 19.1 Å². The van der Waals surface area contributed by atoms with E-state index in [0.29, 0.717) is 10.6 Å². The Balaban J connectivity index is 2.10. The third-order valence-corrected chi connectivity index (χ3v) is 4.72. The number of nitrogens with one attached hydrogen (secondary N) is 1. The minimum Gasteiger partial charge on any atom is -0.463 e. The maximum atomic E-state index is 12.2. The zero-order valence-corrected chi connectivity index (χ0v) is 15.8. The van der Waals surface area contributed by atoms with Crippen LogP contribution in [0.2, 0.25) is 0 Å². The second-order valence-electron chi connectivity index (χ2n) is 5.89. The van der Waals surface area contributed by atoms with Crippen molar-refractivity contribution < 1.29 is 14.3 Å². The van der Waals surface area contributed by atoms with Crippen LogP contribution >= 0.6 is 11.8 Å². The van der Waals surface area contributed by atoms with Gasteiger partial charge in [-0.1, -0.05) is 43.8 Å². The van der Waals surface area contributed by atoms with Crippen LogP contribution in [-0.2, 0) is 21.0 Å². The fourth-order valence-corrected chi connectivity index (χ4v) is 3.03. The van der Waals surface area contributed by atoms with Crippen molar-refractivity contribution in [3.05, 3.63) is 56.7 Å². The minimum absolute atomic E-state index is 0.0507. The van der Waals surface area contributed by atoms with Gasteiger partial charge in [0.05, 0.1) is 17.6 Å². The Labute approximate surface area is 155 Å². The number of aromatic amines is 1. The number of benzene rings is 1. The van der Waals surface area contributed by atoms with Crippen molar-refractivity contribution in [2.24, 2.45) is 5.92 Å². The van der Waals surface area contributed by atoms with Gasteiger partial charge in [0.25, 0.3) is 5.56 Å². The number of ether oxygens (including phenoxy) is 2. The van der Waals surface area contributed by atoms with Gasteiger partial charge in [0, 0.05) is 10.5 Å². The molecule has 0 saturated carbocycles. The number of aromatic nitrogens is 2. The van der Waals surface area contributed by atoms with E-state index in [1.165, 1.54) is 16.3 Å². The number of carbonyl (C=O) groups excluding carboxylic acids is 1. The summed E-state index contributed by atoms with van der Waals surface area (Å²) in [6.45, 7) is 5.36. The average Bonchev–Trinajstić information content (AvgIpc) is 2.61. The van der Waals surface area contributed by atoms with Gasteiger partial charge in [0.15, 0.2) is 0 Å². The summed E-state index contributed by atoms with van der Waals surface area (Å²) in [4.78, 5) is 38.7. The monoisotopic (exact) mass is 378 g/mol. The van der Waals surface area contributed by atoms with Crippen molar-refractivity contribution in [3.8, 4) is 0 Å². The first-order valence-corrected chi connectivity index (χ1v) is 9.02. The van der Waals surface area contributed by atoms with Gasteiger partial charge in [-0.05, 0) is 19.1 Å². The Morgan fingerprint density at radius 2 is 1.88 bits per heavy atom. The van der Waals surface area contributed by atoms with Crippen LogP contribution in [0.3, 0.4) is 0 Å². The molecule has 2 rings (SSSR count). The highest BCUT2D eigenvalue weighted by Crippen LogP contribution is 2.27. The number of rotatable bonds is 8. The normalized spacial score (nSPS) is 10.9. The van der Waals surface area contributed by atoms with Crippen molar-refractivity contribution in [2.75, 3.05) is 13.2 Å². The molecule has 0 aliphatic carbocycles. The third-order valence-electron chi connectivity index (χ3n) is 3.49. The third kappa shape index (κ3) is 5.34. The Kier molecular flexibility index (Phi) is 7.23. The first-order chi connectivity index (χ1) is 12.4. The van der Waals surface area contributed by atoms with Gasteiger partial charge in [-0.15, -0.1) is 0 Å². The van der Waals surface area contributed by atoms with Crippen LogP contribution in [0.1, 0.15) is 19.4 Å². The number of H-pyrrole nitrogens is 1. The number of hydrogen-bond donors (Lipinski definition) is 1. The largest absolute Gasteiger partial charge is 0.463 e. The first-order valence-electron chi connectivity index (χ1n) is 8.21. The van der Waals surface area contributed by atoms with Crippen LogP contribution in [0, 0.1) is 12.8 Å². The molecule has 0 saturated heterocycles. The summed E-state index contributed by atoms with van der Waals surface area (Å²) >= 11 is 1.32. The molecule has 0 spiro atoms. The highest BCUT2D eigenvalue weighted by molar-refractivity contribution is 7.99. The van der Waals surface area contributed by atoms with E-state index in [0.717, 1.165) is 4.90 Å². The molecule has 26 heavy (non-hydrogen) atoms. The molecule has 1 aromatic heterocycles. The summed E-state index contributed by atoms with van der Waals surface area (Å²) in [5.74, 6) is -0.501. The molecule has 0 bridgehead atoms. The molecule has 0 amide bonds. The lowest BCUT2D eigenvalue weighted by molar-refractivity contribution is -0.149. The summed E-state index contributed by atoms with van der Waals surface area (Å²) in [5, 5.41) is 0.518. The van der Waals surface area contributed by atoms with Gasteiger partial charge in [0.1, 0.15) is 13.3 Å². The van der Waals surface area contributed by atoms with Crippen molar-refractivity contribution in [3.63, 3.8) is 0 Å². The Hall–Kier alpha value is -2.32. The molecule has 0 fully saturated rings. The predicted octanol–water partition coefficient (Wildman–Crippen LogP) is 2.17. The van der Waals surface area contributed by atoms with E-state index in [4.69, 9.17) is 9.47 Å². The molecule has 0 atom stereocenters. The lowest BCUT2D eigenvalue weighted by atomic mass is 10.2. The summed E-state index contributed by atoms with van der Waals surface area (Å²) in [7, 11) is 0. The van der Waals surface area contributed by atoms with Gasteiger partial charge in [0.2, 0.25) is 0 Å². The second-order valence-corrected chi connectivity index (χ2v) is 6.95. The fourth-order valence-electron chi connectivity index (χ4n) is 2.02. The van der Waals surface area contributed by atoms with Crippen molar-refractivity contribution in [1.29, 1.82) is 0 Å². The van der Waals surface area contributed by atoms with E-state index in [2.05, 4.69) is 4.98 Å². The fraction of sp³-hybridized carbons (Fsp3) is 0.389. The maximum absolute atomic E-state index is 12.2. The lowest BCUT2D eigenvalue weighted by Crippen LogP contribution is -2.33. The van der Waals surface area contributed by atoms with Crippen LogP contribution in [0.4, 0.5) is 0 Å². The molecule has 2 aromatic rings. The van der Waals surface area contributed by atoms with Crippen LogP contribution in [0.15, 0.2) is 49.8 Å². The summed E-state index contributed by atoms with van der Waals surface area (Å²) in [6, 6.07) is 9.45. The quantitative estimate of drug-likeness (QED) is 0.430. The molecule has 7 nitrogen and oxygen atoms in total. The standard InChI is InChI=1S/C18H22N2O5S/c1-12(2)17(22)25-10-9-24-11-20-16(13(3)15(21)19-18(20)23)26-14-7-5-4-6-8-14/h4-8,12H,9-11H2,1-3H3,(H,19,21,23). The highest BCUT2D eigenvalue weighted by Gasteiger charge is 2.13. The first kappa shape index (κ1) is 20.0. The van der Waals surface area contributed by atoms with Crippen molar-refractivity contribution in [1.82, 2.24) is 9.55 Å². The van der Waals surface area contributed by atoms with Crippen LogP contribution in [0.5, 0.6) is 0 Å². The molecule has 0 aliphatic heterocycles. The number of carbonyl (C=O) groups is 1. The number of nitrogens with zero attached hydrogens (tertiary/aromatic N) is 1. The molecular formula is C18H22N2O5S. The smallest absolute Gasteiger partial charge is 0.331 e. The van der Waals surface area contributed by atoms with E-state index in [9.17, 15) is 14.4 Å². The topological polar surface area (TPSA) is 90.4 Å². The number of hydrogen-bond acceptors (Lipinski definition) is 6. The van der Waals surface area contributed by atoms with E-state index in [1.54, 1.807) is 20.8 Å². The van der Waals surface area contributed by atoms with Crippen LogP contribution < -0.4 is 11.2 Å². The summed E-state index contributed by atoms with van der Waals surface area (Å²) in [6.07, 6.45) is 0. The van der Waals surface area contributed by atoms with Gasteiger partial charge >= 0.3 is 11.7 Å². The van der Waals surface area contributed by atoms with E-state index in [-0.39, 0.29) is 31.8 Å².